The Hall–Kier alpha value is 0.440. The van der Waals surface area contributed by atoms with Crippen LogP contribution < -0.4 is 0 Å². The van der Waals surface area contributed by atoms with E-state index in [2.05, 4.69) is 34.7 Å². The summed E-state index contributed by atoms with van der Waals surface area (Å²) in [5, 5.41) is 1.19. The van der Waals surface area contributed by atoms with E-state index >= 15 is 0 Å². The largest absolute Gasteiger partial charge is 0.303 e. The molecule has 0 aliphatic heterocycles. The number of nitrogens with zero attached hydrogens (tertiary/aromatic N) is 1. The van der Waals surface area contributed by atoms with Crippen LogP contribution in [0.4, 0.5) is 0 Å². The van der Waals surface area contributed by atoms with Gasteiger partial charge in [0.2, 0.25) is 0 Å². The third-order valence-electron chi connectivity index (χ3n) is 2.79. The highest BCUT2D eigenvalue weighted by atomic mass is 79.9. The summed E-state index contributed by atoms with van der Waals surface area (Å²) in [4.78, 5) is 2.58. The third-order valence-corrected chi connectivity index (χ3v) is 3.98. The van der Waals surface area contributed by atoms with Crippen LogP contribution in [0, 0.1) is 5.41 Å². The highest BCUT2D eigenvalue weighted by molar-refractivity contribution is 9.09. The number of alkyl halides is 1. The molecule has 1 fully saturated rings. The average molecular weight is 234 g/mol. The van der Waals surface area contributed by atoms with E-state index in [0.717, 1.165) is 0 Å². The van der Waals surface area contributed by atoms with Gasteiger partial charge in [-0.1, -0.05) is 29.8 Å². The van der Waals surface area contributed by atoms with Crippen LogP contribution in [0.3, 0.4) is 0 Å². The van der Waals surface area contributed by atoms with Gasteiger partial charge in [-0.05, 0) is 37.8 Å². The van der Waals surface area contributed by atoms with Crippen molar-refractivity contribution in [2.24, 2.45) is 5.41 Å². The normalized spacial score (nSPS) is 20.0. The smallest absolute Gasteiger partial charge is 0.0100 e. The van der Waals surface area contributed by atoms with Crippen molar-refractivity contribution in [1.29, 1.82) is 0 Å². The summed E-state index contributed by atoms with van der Waals surface area (Å²) in [7, 11) is 0. The van der Waals surface area contributed by atoms with Crippen molar-refractivity contribution in [2.75, 3.05) is 25.0 Å². The van der Waals surface area contributed by atoms with Crippen LogP contribution in [-0.2, 0) is 0 Å². The van der Waals surface area contributed by atoms with Gasteiger partial charge in [-0.15, -0.1) is 0 Å². The van der Waals surface area contributed by atoms with E-state index in [9.17, 15) is 0 Å². The van der Waals surface area contributed by atoms with Gasteiger partial charge >= 0.3 is 0 Å². The van der Waals surface area contributed by atoms with E-state index in [1.165, 1.54) is 44.2 Å². The van der Waals surface area contributed by atoms with Crippen molar-refractivity contribution in [1.82, 2.24) is 4.90 Å². The topological polar surface area (TPSA) is 3.24 Å². The van der Waals surface area contributed by atoms with Gasteiger partial charge in [-0.2, -0.15) is 0 Å². The molecule has 0 radical (unpaired) electrons. The van der Waals surface area contributed by atoms with Gasteiger partial charge in [0.15, 0.2) is 0 Å². The number of hydrogen-bond acceptors (Lipinski definition) is 1. The fraction of sp³-hybridized carbons (Fsp3) is 1.00. The summed E-state index contributed by atoms with van der Waals surface area (Å²) < 4.78 is 0. The summed E-state index contributed by atoms with van der Waals surface area (Å²) in [5.41, 5.74) is 0.658. The highest BCUT2D eigenvalue weighted by Crippen LogP contribution is 2.47. The summed E-state index contributed by atoms with van der Waals surface area (Å²) in [6.07, 6.45) is 4.14. The van der Waals surface area contributed by atoms with Crippen LogP contribution in [0.15, 0.2) is 0 Å². The maximum atomic E-state index is 3.62. The second-order valence-corrected chi connectivity index (χ2v) is 4.56. The predicted octanol–water partition coefficient (Wildman–Crippen LogP) is 2.89. The molecule has 1 aliphatic carbocycles. The molecule has 2 heteroatoms. The van der Waals surface area contributed by atoms with E-state index in [0.29, 0.717) is 5.41 Å². The molecule has 0 atom stereocenters. The van der Waals surface area contributed by atoms with Crippen LogP contribution in [-0.4, -0.2) is 29.9 Å². The SMILES string of the molecule is CCCN(CC)CC1(CBr)CC1. The summed E-state index contributed by atoms with van der Waals surface area (Å²) in [6, 6.07) is 0. The van der Waals surface area contributed by atoms with Crippen LogP contribution in [0.5, 0.6) is 0 Å². The molecule has 12 heavy (non-hydrogen) atoms. The first-order valence-electron chi connectivity index (χ1n) is 5.04. The van der Waals surface area contributed by atoms with Gasteiger partial charge in [0.1, 0.15) is 0 Å². The van der Waals surface area contributed by atoms with E-state index in [4.69, 9.17) is 0 Å². The van der Waals surface area contributed by atoms with Gasteiger partial charge in [0.25, 0.3) is 0 Å². The molecular formula is C10H20BrN. The minimum absolute atomic E-state index is 0.658. The molecule has 0 aromatic rings. The Morgan fingerprint density at radius 1 is 1.33 bits per heavy atom. The van der Waals surface area contributed by atoms with Gasteiger partial charge in [-0.3, -0.25) is 0 Å². The zero-order valence-electron chi connectivity index (χ0n) is 8.27. The molecule has 0 spiro atoms. The lowest BCUT2D eigenvalue weighted by atomic mass is 10.1. The Kier molecular flexibility index (Phi) is 4.04. The van der Waals surface area contributed by atoms with Crippen LogP contribution >= 0.6 is 15.9 Å². The van der Waals surface area contributed by atoms with Crippen molar-refractivity contribution >= 4 is 15.9 Å². The number of rotatable bonds is 6. The summed E-state index contributed by atoms with van der Waals surface area (Å²) in [6.45, 7) is 8.31. The highest BCUT2D eigenvalue weighted by Gasteiger charge is 2.42. The maximum Gasteiger partial charge on any atom is 0.0100 e. The average Bonchev–Trinajstić information content (AvgIpc) is 2.85. The molecule has 0 aromatic carbocycles. The first-order chi connectivity index (χ1) is 5.76. The molecule has 0 saturated heterocycles. The van der Waals surface area contributed by atoms with Crippen molar-refractivity contribution in [2.45, 2.75) is 33.1 Å². The van der Waals surface area contributed by atoms with Crippen LogP contribution in [0.25, 0.3) is 0 Å². The molecule has 0 unspecified atom stereocenters. The van der Waals surface area contributed by atoms with Crippen molar-refractivity contribution in [3.63, 3.8) is 0 Å². The van der Waals surface area contributed by atoms with Gasteiger partial charge in [0, 0.05) is 11.9 Å². The molecule has 0 N–H and O–H groups in total. The molecule has 0 bridgehead atoms. The van der Waals surface area contributed by atoms with Gasteiger partial charge in [0.05, 0.1) is 0 Å². The quantitative estimate of drug-likeness (QED) is 0.639. The fourth-order valence-corrected chi connectivity index (χ4v) is 2.39. The standard InChI is InChI=1S/C10H20BrN/c1-3-7-12(4-2)9-10(8-11)5-6-10/h3-9H2,1-2H3. The second-order valence-electron chi connectivity index (χ2n) is 4.00. The van der Waals surface area contributed by atoms with E-state index < -0.39 is 0 Å². The minimum atomic E-state index is 0.658. The molecule has 0 amide bonds. The summed E-state index contributed by atoms with van der Waals surface area (Å²) >= 11 is 3.62. The second kappa shape index (κ2) is 4.61. The lowest BCUT2D eigenvalue weighted by Gasteiger charge is -2.24. The molecule has 1 saturated carbocycles. The Labute approximate surface area is 84.6 Å². The van der Waals surface area contributed by atoms with Crippen molar-refractivity contribution in [3.05, 3.63) is 0 Å². The van der Waals surface area contributed by atoms with Gasteiger partial charge in [-0.25, -0.2) is 0 Å². The predicted molar refractivity (Wildman–Crippen MR) is 57.9 cm³/mol. The number of hydrogen-bond donors (Lipinski definition) is 0. The Morgan fingerprint density at radius 3 is 2.33 bits per heavy atom. The lowest BCUT2D eigenvalue weighted by Crippen LogP contribution is -2.31. The Morgan fingerprint density at radius 2 is 2.00 bits per heavy atom. The lowest BCUT2D eigenvalue weighted by molar-refractivity contribution is 0.242. The maximum absolute atomic E-state index is 3.62. The first kappa shape index (κ1) is 10.5. The Balaban J connectivity index is 2.26. The zero-order valence-corrected chi connectivity index (χ0v) is 9.86. The molecule has 1 nitrogen and oxygen atoms in total. The fourth-order valence-electron chi connectivity index (χ4n) is 1.65. The zero-order chi connectivity index (χ0) is 9.03. The van der Waals surface area contributed by atoms with E-state index in [1.54, 1.807) is 0 Å². The monoisotopic (exact) mass is 233 g/mol. The van der Waals surface area contributed by atoms with Crippen molar-refractivity contribution in [3.8, 4) is 0 Å². The minimum Gasteiger partial charge on any atom is -0.303 e. The number of halogens is 1. The molecular weight excluding hydrogens is 214 g/mol. The molecule has 1 aliphatic rings. The molecule has 72 valence electrons. The van der Waals surface area contributed by atoms with Gasteiger partial charge < -0.3 is 4.90 Å². The van der Waals surface area contributed by atoms with Crippen molar-refractivity contribution < 1.29 is 0 Å². The summed E-state index contributed by atoms with van der Waals surface area (Å²) in [5.74, 6) is 0. The molecule has 1 rings (SSSR count). The van der Waals surface area contributed by atoms with Crippen LogP contribution in [0.2, 0.25) is 0 Å². The molecule has 0 aromatic heterocycles. The first-order valence-corrected chi connectivity index (χ1v) is 6.17. The third kappa shape index (κ3) is 2.74. The van der Waals surface area contributed by atoms with E-state index in [-0.39, 0.29) is 0 Å². The van der Waals surface area contributed by atoms with E-state index in [1.807, 2.05) is 0 Å². The molecule has 0 heterocycles. The van der Waals surface area contributed by atoms with Crippen LogP contribution in [0.1, 0.15) is 33.1 Å². The Bertz CT molecular complexity index is 132.